The van der Waals surface area contributed by atoms with E-state index < -0.39 is 17.1 Å². The van der Waals surface area contributed by atoms with Gasteiger partial charge in [0.1, 0.15) is 11.4 Å². The lowest BCUT2D eigenvalue weighted by Gasteiger charge is -2.43. The molecule has 3 unspecified atom stereocenters. The van der Waals surface area contributed by atoms with Crippen LogP contribution in [0.3, 0.4) is 0 Å². The number of aryl methyl sites for hydroxylation is 1. The molecule has 0 saturated carbocycles. The van der Waals surface area contributed by atoms with Gasteiger partial charge in [-0.05, 0) is 35.7 Å². The average molecular weight is 541 g/mol. The van der Waals surface area contributed by atoms with Gasteiger partial charge in [-0.25, -0.2) is 14.8 Å². The Bertz CT molecular complexity index is 1650. The van der Waals surface area contributed by atoms with Crippen LogP contribution in [0.1, 0.15) is 47.9 Å². The summed E-state index contributed by atoms with van der Waals surface area (Å²) in [5.41, 5.74) is 3.56. The number of amides is 2. The summed E-state index contributed by atoms with van der Waals surface area (Å²) in [5.74, 6) is -0.116. The van der Waals surface area contributed by atoms with Crippen LogP contribution in [0.4, 0.5) is 0 Å². The Labute approximate surface area is 229 Å². The summed E-state index contributed by atoms with van der Waals surface area (Å²) in [5, 5.41) is 11.2. The molecule has 3 heterocycles. The van der Waals surface area contributed by atoms with Crippen molar-refractivity contribution < 1.29 is 9.59 Å². The number of hydrogen-bond acceptors (Lipinski definition) is 5. The Kier molecular flexibility index (Phi) is 6.15. The van der Waals surface area contributed by atoms with Gasteiger partial charge in [-0.1, -0.05) is 72.8 Å². The Morgan fingerprint density at radius 2 is 1.51 bits per heavy atom. The molecule has 2 amide bonds. The molecule has 2 aliphatic heterocycles. The number of hydrazone groups is 1. The zero-order valence-corrected chi connectivity index (χ0v) is 22.1. The Hall–Kier alpha value is -4.50. The van der Waals surface area contributed by atoms with Crippen LogP contribution in [0.25, 0.3) is 5.69 Å². The minimum absolute atomic E-state index is 0.128. The molecule has 10 heteroatoms. The van der Waals surface area contributed by atoms with E-state index in [9.17, 15) is 14.4 Å². The van der Waals surface area contributed by atoms with Crippen LogP contribution in [-0.2, 0) is 9.59 Å². The van der Waals surface area contributed by atoms with Gasteiger partial charge in [0.15, 0.2) is 5.82 Å². The third kappa shape index (κ3) is 4.15. The summed E-state index contributed by atoms with van der Waals surface area (Å²) in [6.45, 7) is 3.19. The summed E-state index contributed by atoms with van der Waals surface area (Å²) in [6.07, 6.45) is 0.578. The molecule has 6 rings (SSSR count). The SMILES string of the molecule is CC(=O)N1N=C(c2ccc(-n3nc(C)n(N4C(=O)C(Cl)C4c4ccccc4)c3=O)cc2)CC1c1ccccc1. The van der Waals surface area contributed by atoms with Gasteiger partial charge in [0.05, 0.1) is 17.4 Å². The maximum Gasteiger partial charge on any atom is 0.370 e. The summed E-state index contributed by atoms with van der Waals surface area (Å²) >= 11 is 6.36. The second kappa shape index (κ2) is 9.67. The molecule has 0 N–H and O–H groups in total. The quantitative estimate of drug-likeness (QED) is 0.284. The molecular formula is C29H25ClN6O3. The molecule has 0 bridgehead atoms. The predicted octanol–water partition coefficient (Wildman–Crippen LogP) is 3.87. The minimum Gasteiger partial charge on any atom is -0.273 e. The molecule has 0 aliphatic carbocycles. The van der Waals surface area contributed by atoms with Crippen LogP contribution < -0.4 is 10.7 Å². The van der Waals surface area contributed by atoms with Crippen LogP contribution >= 0.6 is 11.6 Å². The number of carbonyl (C=O) groups is 2. The number of alkyl halides is 1. The lowest BCUT2D eigenvalue weighted by Crippen LogP contribution is -2.64. The monoisotopic (exact) mass is 540 g/mol. The van der Waals surface area contributed by atoms with Gasteiger partial charge in [0, 0.05) is 13.3 Å². The minimum atomic E-state index is -0.761. The summed E-state index contributed by atoms with van der Waals surface area (Å²) in [4.78, 5) is 38.5. The van der Waals surface area contributed by atoms with E-state index in [4.69, 9.17) is 11.6 Å². The van der Waals surface area contributed by atoms with Gasteiger partial charge < -0.3 is 0 Å². The highest BCUT2D eigenvalue weighted by Gasteiger charge is 2.50. The lowest BCUT2D eigenvalue weighted by molar-refractivity contribution is -0.130. The van der Waals surface area contributed by atoms with Crippen molar-refractivity contribution in [2.45, 2.75) is 37.7 Å². The van der Waals surface area contributed by atoms with Crippen molar-refractivity contribution >= 4 is 29.1 Å². The molecule has 4 aromatic rings. The number of halogens is 1. The van der Waals surface area contributed by atoms with Crippen molar-refractivity contribution in [3.8, 4) is 5.69 Å². The molecule has 9 nitrogen and oxygen atoms in total. The molecule has 1 aromatic heterocycles. The average Bonchev–Trinajstić information content (AvgIpc) is 3.54. The molecule has 3 atom stereocenters. The third-order valence-electron chi connectivity index (χ3n) is 7.14. The van der Waals surface area contributed by atoms with Crippen molar-refractivity contribution in [2.75, 3.05) is 5.01 Å². The summed E-state index contributed by atoms with van der Waals surface area (Å²) in [7, 11) is 0. The van der Waals surface area contributed by atoms with Crippen molar-refractivity contribution in [3.05, 3.63) is 118 Å². The highest BCUT2D eigenvalue weighted by molar-refractivity contribution is 6.36. The Morgan fingerprint density at radius 1 is 0.897 bits per heavy atom. The van der Waals surface area contributed by atoms with E-state index in [0.29, 0.717) is 17.9 Å². The van der Waals surface area contributed by atoms with E-state index in [2.05, 4.69) is 10.2 Å². The van der Waals surface area contributed by atoms with Crippen molar-refractivity contribution in [1.82, 2.24) is 19.5 Å². The first-order valence-corrected chi connectivity index (χ1v) is 13.0. The standard InChI is InChI=1S/C29H25ClN6O3/c1-18-31-34(29(39)35(18)36-27(26(30)28(36)38)22-11-7-4-8-12-22)23-15-13-20(14-16-23)24-17-25(33(32-24)19(2)37)21-9-5-3-6-10-21/h3-16,25-27H,17H2,1-2H3. The molecule has 39 heavy (non-hydrogen) atoms. The summed E-state index contributed by atoms with van der Waals surface area (Å²) < 4.78 is 2.55. The molecular weight excluding hydrogens is 516 g/mol. The van der Waals surface area contributed by atoms with Crippen LogP contribution in [0.2, 0.25) is 0 Å². The van der Waals surface area contributed by atoms with E-state index in [1.165, 1.54) is 26.3 Å². The van der Waals surface area contributed by atoms with Crippen LogP contribution in [0.5, 0.6) is 0 Å². The zero-order chi connectivity index (χ0) is 27.3. The second-order valence-electron chi connectivity index (χ2n) is 9.58. The number of aromatic nitrogens is 3. The fraction of sp³-hybridized carbons (Fsp3) is 0.207. The van der Waals surface area contributed by atoms with Gasteiger partial charge in [-0.3, -0.25) is 9.59 Å². The largest absolute Gasteiger partial charge is 0.370 e. The van der Waals surface area contributed by atoms with Crippen LogP contribution in [0.15, 0.2) is 94.8 Å². The number of nitrogens with zero attached hydrogens (tertiary/aromatic N) is 6. The fourth-order valence-electron chi connectivity index (χ4n) is 5.20. The van der Waals surface area contributed by atoms with E-state index in [1.54, 1.807) is 19.1 Å². The zero-order valence-electron chi connectivity index (χ0n) is 21.3. The van der Waals surface area contributed by atoms with E-state index in [1.807, 2.05) is 72.8 Å². The van der Waals surface area contributed by atoms with E-state index >= 15 is 0 Å². The highest BCUT2D eigenvalue weighted by Crippen LogP contribution is 2.37. The topological polar surface area (TPSA) is 92.8 Å². The first-order chi connectivity index (χ1) is 18.8. The van der Waals surface area contributed by atoms with E-state index in [-0.39, 0.29) is 17.9 Å². The van der Waals surface area contributed by atoms with Gasteiger partial charge in [0.25, 0.3) is 5.91 Å². The van der Waals surface area contributed by atoms with Crippen LogP contribution in [0, 0.1) is 6.92 Å². The molecule has 1 saturated heterocycles. The number of β-lactam (4-membered cyclic amide) rings is 1. The normalized spacial score (nSPS) is 20.6. The maximum atomic E-state index is 13.5. The number of benzene rings is 3. The first kappa shape index (κ1) is 24.8. The molecule has 2 aliphatic rings. The molecule has 196 valence electrons. The molecule has 1 fully saturated rings. The second-order valence-corrected chi connectivity index (χ2v) is 10.1. The molecule has 0 radical (unpaired) electrons. The van der Waals surface area contributed by atoms with Crippen molar-refractivity contribution in [1.29, 1.82) is 0 Å². The highest BCUT2D eigenvalue weighted by atomic mass is 35.5. The Balaban J connectivity index is 1.29. The van der Waals surface area contributed by atoms with Gasteiger partial charge >= 0.3 is 5.69 Å². The first-order valence-electron chi connectivity index (χ1n) is 12.6. The number of carbonyl (C=O) groups excluding carboxylic acids is 2. The van der Waals surface area contributed by atoms with Gasteiger partial charge in [-0.15, -0.1) is 16.7 Å². The van der Waals surface area contributed by atoms with Crippen molar-refractivity contribution in [3.63, 3.8) is 0 Å². The molecule has 3 aromatic carbocycles. The van der Waals surface area contributed by atoms with Gasteiger partial charge in [0.2, 0.25) is 5.91 Å². The summed E-state index contributed by atoms with van der Waals surface area (Å²) in [6, 6.07) is 25.8. The predicted molar refractivity (Wildman–Crippen MR) is 147 cm³/mol. The fourth-order valence-corrected chi connectivity index (χ4v) is 5.56. The van der Waals surface area contributed by atoms with Crippen molar-refractivity contribution in [2.24, 2.45) is 5.10 Å². The molecule has 0 spiro atoms. The van der Waals surface area contributed by atoms with Crippen LogP contribution in [-0.4, -0.2) is 42.4 Å². The number of rotatable bonds is 5. The van der Waals surface area contributed by atoms with E-state index in [0.717, 1.165) is 22.4 Å². The maximum absolute atomic E-state index is 13.5. The lowest BCUT2D eigenvalue weighted by atomic mass is 9.95. The third-order valence-corrected chi connectivity index (χ3v) is 7.56. The number of hydrogen-bond donors (Lipinski definition) is 0. The Morgan fingerprint density at radius 3 is 2.13 bits per heavy atom. The smallest absolute Gasteiger partial charge is 0.273 e. The van der Waals surface area contributed by atoms with Gasteiger partial charge in [-0.2, -0.15) is 14.5 Å².